The number of aromatic carboxylic acids is 1. The Bertz CT molecular complexity index is 488. The molecule has 20 heavy (non-hydrogen) atoms. The molecular formula is C14H20N2O4. The molecule has 0 bridgehead atoms. The van der Waals surface area contributed by atoms with Crippen molar-refractivity contribution in [2.24, 2.45) is 0 Å². The number of nitrogens with zero attached hydrogens (tertiary/aromatic N) is 1. The molecule has 1 rings (SSSR count). The summed E-state index contributed by atoms with van der Waals surface area (Å²) in [5, 5.41) is 11.7. The standard InChI is InChI=1S/C14H20N2O4/c1-4-16(7-8-20-3)14(19)15-12-6-5-11(13(17)18)9-10(12)2/h5-6,9H,4,7-8H2,1-3H3,(H,15,19)(H,17,18). The molecule has 0 aliphatic carbocycles. The summed E-state index contributed by atoms with van der Waals surface area (Å²) in [5.74, 6) is -0.985. The molecule has 0 aromatic heterocycles. The van der Waals surface area contributed by atoms with Gasteiger partial charge in [0.05, 0.1) is 12.2 Å². The Morgan fingerprint density at radius 2 is 2.10 bits per heavy atom. The summed E-state index contributed by atoms with van der Waals surface area (Å²) < 4.78 is 4.95. The maximum absolute atomic E-state index is 12.1. The molecule has 1 aromatic carbocycles. The monoisotopic (exact) mass is 280 g/mol. The maximum atomic E-state index is 12.1. The molecule has 6 nitrogen and oxygen atoms in total. The number of amides is 2. The van der Waals surface area contributed by atoms with Crippen molar-refractivity contribution in [3.63, 3.8) is 0 Å². The van der Waals surface area contributed by atoms with Gasteiger partial charge in [0.15, 0.2) is 0 Å². The van der Waals surface area contributed by atoms with Gasteiger partial charge >= 0.3 is 12.0 Å². The molecule has 1 aromatic rings. The molecule has 0 radical (unpaired) electrons. The third kappa shape index (κ3) is 4.24. The van der Waals surface area contributed by atoms with E-state index in [0.29, 0.717) is 30.9 Å². The number of aryl methyl sites for hydroxylation is 1. The Balaban J connectivity index is 2.76. The molecule has 110 valence electrons. The minimum atomic E-state index is -0.985. The van der Waals surface area contributed by atoms with E-state index >= 15 is 0 Å². The van der Waals surface area contributed by atoms with Crippen LogP contribution in [0.3, 0.4) is 0 Å². The van der Waals surface area contributed by atoms with E-state index in [0.717, 1.165) is 0 Å². The van der Waals surface area contributed by atoms with Crippen molar-refractivity contribution in [3.05, 3.63) is 29.3 Å². The number of carbonyl (C=O) groups excluding carboxylic acids is 1. The number of benzene rings is 1. The van der Waals surface area contributed by atoms with Crippen LogP contribution in [0, 0.1) is 6.92 Å². The van der Waals surface area contributed by atoms with Crippen LogP contribution in [0.5, 0.6) is 0 Å². The van der Waals surface area contributed by atoms with E-state index in [-0.39, 0.29) is 11.6 Å². The van der Waals surface area contributed by atoms with E-state index < -0.39 is 5.97 Å². The van der Waals surface area contributed by atoms with Crippen LogP contribution in [-0.2, 0) is 4.74 Å². The maximum Gasteiger partial charge on any atom is 0.335 e. The zero-order valence-electron chi connectivity index (χ0n) is 12.0. The number of urea groups is 1. The van der Waals surface area contributed by atoms with Gasteiger partial charge < -0.3 is 20.1 Å². The van der Waals surface area contributed by atoms with Crippen molar-refractivity contribution in [2.45, 2.75) is 13.8 Å². The number of nitrogens with one attached hydrogen (secondary N) is 1. The van der Waals surface area contributed by atoms with E-state index in [9.17, 15) is 9.59 Å². The van der Waals surface area contributed by atoms with Crippen LogP contribution in [0.25, 0.3) is 0 Å². The number of methoxy groups -OCH3 is 1. The lowest BCUT2D eigenvalue weighted by atomic mass is 10.1. The third-order valence-electron chi connectivity index (χ3n) is 2.95. The number of ether oxygens (including phenoxy) is 1. The number of carbonyl (C=O) groups is 2. The Kier molecular flexibility index (Phi) is 5.99. The second kappa shape index (κ2) is 7.49. The fourth-order valence-electron chi connectivity index (χ4n) is 1.74. The molecule has 0 heterocycles. The van der Waals surface area contributed by atoms with Gasteiger partial charge in [-0.25, -0.2) is 9.59 Å². The highest BCUT2D eigenvalue weighted by Gasteiger charge is 2.13. The van der Waals surface area contributed by atoms with Crippen LogP contribution in [0.2, 0.25) is 0 Å². The van der Waals surface area contributed by atoms with Crippen molar-refractivity contribution in [2.75, 3.05) is 32.1 Å². The first-order valence-corrected chi connectivity index (χ1v) is 6.38. The van der Waals surface area contributed by atoms with Gasteiger partial charge in [0, 0.05) is 25.9 Å². The molecule has 0 spiro atoms. The van der Waals surface area contributed by atoms with E-state index in [1.54, 1.807) is 25.0 Å². The van der Waals surface area contributed by atoms with Gasteiger partial charge in [0.1, 0.15) is 0 Å². The number of rotatable bonds is 6. The van der Waals surface area contributed by atoms with Gasteiger partial charge in [-0.15, -0.1) is 0 Å². The predicted octanol–water partition coefficient (Wildman–Crippen LogP) is 2.19. The van der Waals surface area contributed by atoms with Crippen LogP contribution >= 0.6 is 0 Å². The molecule has 0 saturated heterocycles. The number of carboxylic acid groups (broad SMARTS) is 1. The Morgan fingerprint density at radius 3 is 2.60 bits per heavy atom. The smallest absolute Gasteiger partial charge is 0.335 e. The van der Waals surface area contributed by atoms with Gasteiger partial charge in [-0.1, -0.05) is 0 Å². The van der Waals surface area contributed by atoms with Gasteiger partial charge in [0.25, 0.3) is 0 Å². The fourth-order valence-corrected chi connectivity index (χ4v) is 1.74. The minimum absolute atomic E-state index is 0.201. The highest BCUT2D eigenvalue weighted by atomic mass is 16.5. The summed E-state index contributed by atoms with van der Waals surface area (Å²) >= 11 is 0. The first-order valence-electron chi connectivity index (χ1n) is 6.38. The number of hydrogen-bond acceptors (Lipinski definition) is 3. The van der Waals surface area contributed by atoms with Crippen molar-refractivity contribution in [1.82, 2.24) is 4.90 Å². The second-order valence-corrected chi connectivity index (χ2v) is 4.34. The van der Waals surface area contributed by atoms with Crippen molar-refractivity contribution >= 4 is 17.7 Å². The predicted molar refractivity (Wildman–Crippen MR) is 76.3 cm³/mol. The molecule has 0 unspecified atom stereocenters. The van der Waals surface area contributed by atoms with Gasteiger partial charge in [-0.3, -0.25) is 0 Å². The average Bonchev–Trinajstić information content (AvgIpc) is 2.41. The first kappa shape index (κ1) is 16.0. The third-order valence-corrected chi connectivity index (χ3v) is 2.95. The summed E-state index contributed by atoms with van der Waals surface area (Å²) in [6.45, 7) is 5.19. The van der Waals surface area contributed by atoms with Gasteiger partial charge in [-0.05, 0) is 37.6 Å². The van der Waals surface area contributed by atoms with E-state index in [4.69, 9.17) is 9.84 Å². The lowest BCUT2D eigenvalue weighted by Gasteiger charge is -2.21. The van der Waals surface area contributed by atoms with Crippen LogP contribution in [-0.4, -0.2) is 48.8 Å². The summed E-state index contributed by atoms with van der Waals surface area (Å²) in [5.41, 5.74) is 1.52. The number of hydrogen-bond donors (Lipinski definition) is 2. The van der Waals surface area contributed by atoms with E-state index in [1.165, 1.54) is 12.1 Å². The number of carboxylic acids is 1. The Labute approximate surface area is 118 Å². The molecule has 0 saturated carbocycles. The zero-order valence-corrected chi connectivity index (χ0v) is 12.0. The van der Waals surface area contributed by atoms with E-state index in [1.807, 2.05) is 6.92 Å². The fraction of sp³-hybridized carbons (Fsp3) is 0.429. The molecule has 0 fully saturated rings. The van der Waals surface area contributed by atoms with Crippen LogP contribution in [0.4, 0.5) is 10.5 Å². The summed E-state index contributed by atoms with van der Waals surface area (Å²) in [4.78, 5) is 24.5. The Morgan fingerprint density at radius 1 is 1.40 bits per heavy atom. The van der Waals surface area contributed by atoms with Crippen LogP contribution in [0.1, 0.15) is 22.8 Å². The molecule has 0 aliphatic heterocycles. The van der Waals surface area contributed by atoms with E-state index in [2.05, 4.69) is 5.32 Å². The molecule has 0 aliphatic rings. The van der Waals surface area contributed by atoms with Crippen LogP contribution < -0.4 is 5.32 Å². The highest BCUT2D eigenvalue weighted by molar-refractivity contribution is 5.92. The summed E-state index contributed by atoms with van der Waals surface area (Å²) in [6.07, 6.45) is 0. The van der Waals surface area contributed by atoms with Gasteiger partial charge in [0.2, 0.25) is 0 Å². The van der Waals surface area contributed by atoms with Crippen molar-refractivity contribution in [3.8, 4) is 0 Å². The largest absolute Gasteiger partial charge is 0.478 e. The number of likely N-dealkylation sites (N-methyl/N-ethyl adjacent to an activating group) is 1. The molecule has 6 heteroatoms. The summed E-state index contributed by atoms with van der Waals surface area (Å²) in [6, 6.07) is 4.37. The average molecular weight is 280 g/mol. The normalized spacial score (nSPS) is 10.2. The zero-order chi connectivity index (χ0) is 15.1. The second-order valence-electron chi connectivity index (χ2n) is 4.34. The van der Waals surface area contributed by atoms with Crippen LogP contribution in [0.15, 0.2) is 18.2 Å². The number of anilines is 1. The lowest BCUT2D eigenvalue weighted by Crippen LogP contribution is -2.37. The highest BCUT2D eigenvalue weighted by Crippen LogP contribution is 2.17. The SMILES string of the molecule is CCN(CCOC)C(=O)Nc1ccc(C(=O)O)cc1C. The van der Waals surface area contributed by atoms with Crippen molar-refractivity contribution in [1.29, 1.82) is 0 Å². The first-order chi connectivity index (χ1) is 9.49. The molecular weight excluding hydrogens is 260 g/mol. The van der Waals surface area contributed by atoms with Crippen molar-refractivity contribution < 1.29 is 19.4 Å². The molecule has 2 N–H and O–H groups in total. The molecule has 2 amide bonds. The minimum Gasteiger partial charge on any atom is -0.478 e. The topological polar surface area (TPSA) is 78.9 Å². The quantitative estimate of drug-likeness (QED) is 0.837. The molecule has 0 atom stereocenters. The van der Waals surface area contributed by atoms with Gasteiger partial charge in [-0.2, -0.15) is 0 Å². The Hall–Kier alpha value is -2.08. The summed E-state index contributed by atoms with van der Waals surface area (Å²) in [7, 11) is 1.58. The lowest BCUT2D eigenvalue weighted by molar-refractivity contribution is 0.0697.